The third kappa shape index (κ3) is 5.68. The first-order valence-electron chi connectivity index (χ1n) is 10.6. The van der Waals surface area contributed by atoms with E-state index in [2.05, 4.69) is 20.9 Å². The molecule has 1 aliphatic rings. The van der Waals surface area contributed by atoms with Gasteiger partial charge in [0.15, 0.2) is 0 Å². The molecule has 4 rings (SSSR count). The first-order valence-corrected chi connectivity index (χ1v) is 10.6. The Morgan fingerprint density at radius 2 is 2.16 bits per heavy atom. The van der Waals surface area contributed by atoms with Crippen LogP contribution in [0.5, 0.6) is 5.75 Å². The van der Waals surface area contributed by atoms with Gasteiger partial charge in [-0.3, -0.25) is 9.84 Å². The zero-order chi connectivity index (χ0) is 22.3. The first kappa shape index (κ1) is 21.9. The maximum absolute atomic E-state index is 12.5. The van der Waals surface area contributed by atoms with Gasteiger partial charge in [-0.15, -0.1) is 10.5 Å². The fraction of sp³-hybridized carbons (Fsp3) is 0.476. The minimum absolute atomic E-state index is 0.182. The van der Waals surface area contributed by atoms with Crippen molar-refractivity contribution in [2.24, 2.45) is 0 Å². The van der Waals surface area contributed by atoms with Crippen LogP contribution in [0.4, 0.5) is 10.7 Å². The summed E-state index contributed by atoms with van der Waals surface area (Å²) in [5.41, 5.74) is 0.858. The van der Waals surface area contributed by atoms with Crippen LogP contribution >= 0.6 is 0 Å². The van der Waals surface area contributed by atoms with Crippen LogP contribution in [0.25, 0.3) is 10.9 Å². The van der Waals surface area contributed by atoms with Gasteiger partial charge in [-0.2, -0.15) is 6.20 Å². The molecule has 172 valence electrons. The lowest BCUT2D eigenvalue weighted by Crippen LogP contribution is -2.62. The van der Waals surface area contributed by atoms with E-state index in [1.165, 1.54) is 0 Å². The number of rotatable bonds is 9. The SMILES string of the molecule is CC(C)NCC(COc1cccc2[n-]ccc12)OC(=O)Nc1c[n+](N2CCOCC2)no1. The van der Waals surface area contributed by atoms with E-state index in [1.54, 1.807) is 17.2 Å². The summed E-state index contributed by atoms with van der Waals surface area (Å²) in [6, 6.07) is 7.80. The van der Waals surface area contributed by atoms with E-state index in [0.29, 0.717) is 38.6 Å². The van der Waals surface area contributed by atoms with Gasteiger partial charge in [0.05, 0.1) is 31.1 Å². The van der Waals surface area contributed by atoms with E-state index in [1.807, 2.05) is 43.1 Å². The Labute approximate surface area is 185 Å². The molecule has 11 nitrogen and oxygen atoms in total. The molecule has 32 heavy (non-hydrogen) atoms. The summed E-state index contributed by atoms with van der Waals surface area (Å²) in [4.78, 5) is 18.3. The quantitative estimate of drug-likeness (QED) is 0.467. The predicted octanol–water partition coefficient (Wildman–Crippen LogP) is 1.03. The highest BCUT2D eigenvalue weighted by Gasteiger charge is 2.25. The molecule has 2 aromatic heterocycles. The van der Waals surface area contributed by atoms with Crippen molar-refractivity contribution in [2.75, 3.05) is 49.8 Å². The fourth-order valence-electron chi connectivity index (χ4n) is 3.28. The fourth-order valence-corrected chi connectivity index (χ4v) is 3.28. The van der Waals surface area contributed by atoms with E-state index in [-0.39, 0.29) is 18.5 Å². The molecule has 0 saturated carbocycles. The molecule has 3 heterocycles. The van der Waals surface area contributed by atoms with Crippen LogP contribution in [-0.4, -0.2) is 63.0 Å². The summed E-state index contributed by atoms with van der Waals surface area (Å²) in [5.74, 6) is 0.881. The van der Waals surface area contributed by atoms with Crippen LogP contribution in [0.15, 0.2) is 41.2 Å². The molecule has 0 radical (unpaired) electrons. The van der Waals surface area contributed by atoms with Gasteiger partial charge in [-0.1, -0.05) is 32.0 Å². The van der Waals surface area contributed by atoms with Crippen molar-refractivity contribution in [1.82, 2.24) is 15.6 Å². The third-order valence-corrected chi connectivity index (χ3v) is 4.91. The van der Waals surface area contributed by atoms with Crippen molar-refractivity contribution >= 4 is 22.9 Å². The number of fused-ring (bicyclic) bond motifs is 1. The normalized spacial score (nSPS) is 15.2. The van der Waals surface area contributed by atoms with Gasteiger partial charge in [0.1, 0.15) is 18.5 Å². The Balaban J connectivity index is 1.34. The number of nitrogens with zero attached hydrogens (tertiary/aromatic N) is 4. The minimum atomic E-state index is -0.650. The monoisotopic (exact) mass is 444 g/mol. The van der Waals surface area contributed by atoms with E-state index in [9.17, 15) is 4.79 Å². The van der Waals surface area contributed by atoms with Crippen molar-refractivity contribution < 1.29 is 28.3 Å². The summed E-state index contributed by atoms with van der Waals surface area (Å²) in [6.45, 7) is 7.26. The van der Waals surface area contributed by atoms with Crippen LogP contribution in [0, 0.1) is 0 Å². The van der Waals surface area contributed by atoms with Crippen LogP contribution in [-0.2, 0) is 9.47 Å². The Morgan fingerprint density at radius 1 is 1.31 bits per heavy atom. The number of carbonyl (C=O) groups is 1. The molecule has 1 aromatic carbocycles. The summed E-state index contributed by atoms with van der Waals surface area (Å²) in [5, 5.41) is 12.7. The van der Waals surface area contributed by atoms with Crippen LogP contribution in [0.1, 0.15) is 13.8 Å². The molecule has 1 saturated heterocycles. The number of hydrogen-bond acceptors (Lipinski definition) is 8. The van der Waals surface area contributed by atoms with Crippen molar-refractivity contribution in [2.45, 2.75) is 26.0 Å². The molecular formula is C21H28N6O5. The number of morpholine rings is 1. The largest absolute Gasteiger partial charge is 0.663 e. The van der Waals surface area contributed by atoms with Crippen LogP contribution in [0.3, 0.4) is 0 Å². The summed E-state index contributed by atoms with van der Waals surface area (Å²) in [7, 11) is 0. The molecular weight excluding hydrogens is 416 g/mol. The van der Waals surface area contributed by atoms with E-state index >= 15 is 0 Å². The van der Waals surface area contributed by atoms with Gasteiger partial charge in [0.2, 0.25) is 5.27 Å². The van der Waals surface area contributed by atoms with Gasteiger partial charge >= 0.3 is 12.0 Å². The summed E-state index contributed by atoms with van der Waals surface area (Å²) in [6.07, 6.45) is 2.15. The highest BCUT2D eigenvalue weighted by molar-refractivity contribution is 5.85. The molecule has 3 aromatic rings. The van der Waals surface area contributed by atoms with E-state index in [4.69, 9.17) is 18.7 Å². The Morgan fingerprint density at radius 3 is 2.97 bits per heavy atom. The Kier molecular flexibility index (Phi) is 7.07. The standard InChI is InChI=1S/C21H28N6O5/c1-15(2)23-12-16(14-30-19-5-3-4-18-17(19)6-7-22-18)31-21(28)24-20-13-27(25-32-20)26-8-10-29-11-9-26/h3-7,13,15-16,23H,8-12,14H2,1-2H3,(H,24,25,28). The van der Waals surface area contributed by atoms with Crippen molar-refractivity contribution in [3.63, 3.8) is 0 Å². The predicted molar refractivity (Wildman–Crippen MR) is 115 cm³/mol. The topological polar surface area (TPSA) is 116 Å². The van der Waals surface area contributed by atoms with Gasteiger partial charge in [0.25, 0.3) is 6.20 Å². The number of ether oxygens (including phenoxy) is 3. The third-order valence-electron chi connectivity index (χ3n) is 4.91. The molecule has 1 atom stereocenters. The molecule has 1 fully saturated rings. The lowest BCUT2D eigenvalue weighted by Gasteiger charge is -2.20. The van der Waals surface area contributed by atoms with E-state index in [0.717, 1.165) is 10.9 Å². The molecule has 1 amide bonds. The summed E-state index contributed by atoms with van der Waals surface area (Å²) >= 11 is 0. The lowest BCUT2D eigenvalue weighted by molar-refractivity contribution is -0.759. The maximum Gasteiger partial charge on any atom is 0.414 e. The zero-order valence-corrected chi connectivity index (χ0v) is 18.2. The van der Waals surface area contributed by atoms with E-state index < -0.39 is 12.2 Å². The lowest BCUT2D eigenvalue weighted by atomic mass is 10.2. The Bertz CT molecular complexity index is 1010. The first-order chi connectivity index (χ1) is 15.6. The summed E-state index contributed by atoms with van der Waals surface area (Å²) < 4.78 is 22.1. The molecule has 0 aliphatic carbocycles. The molecule has 1 unspecified atom stereocenters. The van der Waals surface area contributed by atoms with Crippen molar-refractivity contribution in [1.29, 1.82) is 0 Å². The number of hydrogen-bond donors (Lipinski definition) is 2. The molecule has 0 bridgehead atoms. The second-order valence-electron chi connectivity index (χ2n) is 7.71. The second kappa shape index (κ2) is 10.3. The second-order valence-corrected chi connectivity index (χ2v) is 7.71. The molecule has 11 heteroatoms. The number of amides is 1. The molecule has 0 spiro atoms. The average molecular weight is 444 g/mol. The number of anilines is 1. The van der Waals surface area contributed by atoms with Gasteiger partial charge in [-0.05, 0) is 6.07 Å². The van der Waals surface area contributed by atoms with Crippen molar-refractivity contribution in [3.8, 4) is 5.75 Å². The van der Waals surface area contributed by atoms with Crippen LogP contribution in [0.2, 0.25) is 0 Å². The highest BCUT2D eigenvalue weighted by Crippen LogP contribution is 2.24. The van der Waals surface area contributed by atoms with Gasteiger partial charge < -0.3 is 24.5 Å². The maximum atomic E-state index is 12.5. The number of aromatic nitrogens is 3. The number of nitrogens with one attached hydrogen (secondary N) is 2. The van der Waals surface area contributed by atoms with Gasteiger partial charge in [0, 0.05) is 18.0 Å². The van der Waals surface area contributed by atoms with Crippen LogP contribution < -0.4 is 30.2 Å². The number of benzene rings is 1. The highest BCUT2D eigenvalue weighted by atomic mass is 16.6. The number of carbonyl (C=O) groups excluding carboxylic acids is 1. The smallest absolute Gasteiger partial charge is 0.414 e. The Hall–Kier alpha value is -3.31. The molecule has 2 N–H and O–H groups in total. The average Bonchev–Trinajstić information content (AvgIpc) is 3.46. The zero-order valence-electron chi connectivity index (χ0n) is 18.2. The van der Waals surface area contributed by atoms with Gasteiger partial charge in [-0.25, -0.2) is 4.79 Å². The van der Waals surface area contributed by atoms with Crippen molar-refractivity contribution in [3.05, 3.63) is 36.7 Å². The molecule has 1 aliphatic heterocycles. The minimum Gasteiger partial charge on any atom is -0.663 e.